The van der Waals surface area contributed by atoms with E-state index in [0.717, 1.165) is 19.6 Å². The summed E-state index contributed by atoms with van der Waals surface area (Å²) in [6.45, 7) is 3.29. The average Bonchev–Trinajstić information content (AvgIpc) is 2.91. The Morgan fingerprint density at radius 3 is 2.79 bits per heavy atom. The zero-order chi connectivity index (χ0) is 13.7. The number of hydrogen-bond donors (Lipinski definition) is 2. The van der Waals surface area contributed by atoms with Crippen molar-refractivity contribution in [1.29, 1.82) is 0 Å². The maximum atomic E-state index is 12.2. The number of nitrogens with one attached hydrogen (secondary N) is 2. The van der Waals surface area contributed by atoms with Gasteiger partial charge in [-0.2, -0.15) is 0 Å². The van der Waals surface area contributed by atoms with Crippen LogP contribution >= 0.6 is 0 Å². The Labute approximate surface area is 114 Å². The van der Waals surface area contributed by atoms with Crippen LogP contribution in [0.25, 0.3) is 0 Å². The molecule has 2 rings (SSSR count). The van der Waals surface area contributed by atoms with Crippen molar-refractivity contribution < 1.29 is 8.42 Å². The number of rotatable bonds is 6. The zero-order valence-corrected chi connectivity index (χ0v) is 11.9. The van der Waals surface area contributed by atoms with Crippen LogP contribution in [-0.2, 0) is 10.0 Å². The molecular weight excluding hydrogens is 264 g/mol. The summed E-state index contributed by atoms with van der Waals surface area (Å²) in [5, 5.41) is 2.90. The van der Waals surface area contributed by atoms with E-state index in [1.807, 2.05) is 0 Å². The van der Waals surface area contributed by atoms with Gasteiger partial charge in [-0.1, -0.05) is 0 Å². The van der Waals surface area contributed by atoms with Gasteiger partial charge in [-0.15, -0.1) is 0 Å². The molecule has 1 aromatic heterocycles. The van der Waals surface area contributed by atoms with Crippen molar-refractivity contribution in [2.75, 3.05) is 38.5 Å². The van der Waals surface area contributed by atoms with Crippen molar-refractivity contribution in [3.8, 4) is 0 Å². The lowest BCUT2D eigenvalue weighted by Gasteiger charge is -2.15. The Balaban J connectivity index is 1.97. The Hall–Kier alpha value is -1.18. The molecule has 0 atom stereocenters. The summed E-state index contributed by atoms with van der Waals surface area (Å²) in [5.74, 6) is 0. The molecule has 0 saturated carbocycles. The fourth-order valence-corrected chi connectivity index (χ4v) is 3.36. The molecule has 0 unspecified atom stereocenters. The van der Waals surface area contributed by atoms with Gasteiger partial charge < -0.3 is 10.2 Å². The van der Waals surface area contributed by atoms with Gasteiger partial charge in [0.05, 0.1) is 5.69 Å². The monoisotopic (exact) mass is 284 g/mol. The number of anilines is 1. The van der Waals surface area contributed by atoms with Gasteiger partial charge in [-0.25, -0.2) is 18.1 Å². The van der Waals surface area contributed by atoms with E-state index >= 15 is 0 Å². The van der Waals surface area contributed by atoms with Gasteiger partial charge in [-0.05, 0) is 38.1 Å². The van der Waals surface area contributed by atoms with Gasteiger partial charge in [0, 0.05) is 26.3 Å². The predicted molar refractivity (Wildman–Crippen MR) is 74.6 cm³/mol. The molecule has 0 bridgehead atoms. The van der Waals surface area contributed by atoms with E-state index in [1.165, 1.54) is 19.0 Å². The smallest absolute Gasteiger partial charge is 0.260 e. The SMILES string of the molecule is CNc1cccnc1S(=O)(=O)NCCN1CCCC1. The largest absolute Gasteiger partial charge is 0.386 e. The first-order valence-corrected chi connectivity index (χ1v) is 7.96. The Morgan fingerprint density at radius 1 is 1.37 bits per heavy atom. The molecule has 0 amide bonds. The molecule has 1 fully saturated rings. The Bertz CT molecular complexity index is 512. The molecule has 19 heavy (non-hydrogen) atoms. The first-order valence-electron chi connectivity index (χ1n) is 6.48. The highest BCUT2D eigenvalue weighted by Crippen LogP contribution is 2.16. The summed E-state index contributed by atoms with van der Waals surface area (Å²) >= 11 is 0. The van der Waals surface area contributed by atoms with Crippen LogP contribution in [0.1, 0.15) is 12.8 Å². The topological polar surface area (TPSA) is 74.3 Å². The van der Waals surface area contributed by atoms with Crippen LogP contribution in [0.3, 0.4) is 0 Å². The summed E-state index contributed by atoms with van der Waals surface area (Å²) in [4.78, 5) is 6.21. The Morgan fingerprint density at radius 2 is 2.11 bits per heavy atom. The lowest BCUT2D eigenvalue weighted by Crippen LogP contribution is -2.34. The number of nitrogens with zero attached hydrogens (tertiary/aromatic N) is 2. The van der Waals surface area contributed by atoms with Crippen LogP contribution in [0.2, 0.25) is 0 Å². The molecule has 0 spiro atoms. The molecule has 0 aliphatic carbocycles. The van der Waals surface area contributed by atoms with Crippen molar-refractivity contribution >= 4 is 15.7 Å². The fourth-order valence-electron chi connectivity index (χ4n) is 2.21. The third kappa shape index (κ3) is 3.65. The van der Waals surface area contributed by atoms with Gasteiger partial charge in [0.2, 0.25) is 0 Å². The molecule has 2 N–H and O–H groups in total. The lowest BCUT2D eigenvalue weighted by molar-refractivity contribution is 0.344. The van der Waals surface area contributed by atoms with Crippen LogP contribution in [-0.4, -0.2) is 51.5 Å². The molecule has 106 valence electrons. The highest BCUT2D eigenvalue weighted by molar-refractivity contribution is 7.89. The Kier molecular flexibility index (Phi) is 4.73. The number of pyridine rings is 1. The van der Waals surface area contributed by atoms with Gasteiger partial charge >= 0.3 is 0 Å². The summed E-state index contributed by atoms with van der Waals surface area (Å²) in [7, 11) is -1.86. The highest BCUT2D eigenvalue weighted by atomic mass is 32.2. The summed E-state index contributed by atoms with van der Waals surface area (Å²) in [6.07, 6.45) is 3.89. The maximum Gasteiger partial charge on any atom is 0.260 e. The van der Waals surface area contributed by atoms with E-state index in [-0.39, 0.29) is 5.03 Å². The van der Waals surface area contributed by atoms with E-state index in [4.69, 9.17) is 0 Å². The molecule has 6 nitrogen and oxygen atoms in total. The third-order valence-electron chi connectivity index (χ3n) is 3.21. The van der Waals surface area contributed by atoms with Gasteiger partial charge in [0.25, 0.3) is 10.0 Å². The minimum absolute atomic E-state index is 0.0546. The summed E-state index contributed by atoms with van der Waals surface area (Å²) < 4.78 is 26.9. The molecule has 0 radical (unpaired) electrons. The number of aromatic nitrogens is 1. The van der Waals surface area contributed by atoms with E-state index < -0.39 is 10.0 Å². The van der Waals surface area contributed by atoms with Gasteiger partial charge in [-0.3, -0.25) is 0 Å². The standard InChI is InChI=1S/C12H20N4O2S/c1-13-11-5-4-6-14-12(11)19(17,18)15-7-10-16-8-2-3-9-16/h4-6,13,15H,2-3,7-10H2,1H3. The molecule has 0 aromatic carbocycles. The molecular formula is C12H20N4O2S. The highest BCUT2D eigenvalue weighted by Gasteiger charge is 2.20. The van der Waals surface area contributed by atoms with Crippen LogP contribution in [0.5, 0.6) is 0 Å². The molecule has 7 heteroatoms. The van der Waals surface area contributed by atoms with Crippen molar-refractivity contribution in [3.05, 3.63) is 18.3 Å². The maximum absolute atomic E-state index is 12.2. The quantitative estimate of drug-likeness (QED) is 0.795. The van der Waals surface area contributed by atoms with Crippen LogP contribution < -0.4 is 10.0 Å². The second-order valence-corrected chi connectivity index (χ2v) is 6.23. The molecule has 1 aromatic rings. The van der Waals surface area contributed by atoms with E-state index in [2.05, 4.69) is 19.9 Å². The molecule has 1 saturated heterocycles. The van der Waals surface area contributed by atoms with Crippen molar-refractivity contribution in [1.82, 2.24) is 14.6 Å². The first-order chi connectivity index (χ1) is 9.13. The van der Waals surface area contributed by atoms with Gasteiger partial charge in [0.1, 0.15) is 0 Å². The molecule has 2 heterocycles. The number of likely N-dealkylation sites (tertiary alicyclic amines) is 1. The van der Waals surface area contributed by atoms with Crippen molar-refractivity contribution in [3.63, 3.8) is 0 Å². The van der Waals surface area contributed by atoms with Crippen molar-refractivity contribution in [2.24, 2.45) is 0 Å². The fraction of sp³-hybridized carbons (Fsp3) is 0.583. The van der Waals surface area contributed by atoms with E-state index in [0.29, 0.717) is 12.2 Å². The third-order valence-corrected chi connectivity index (χ3v) is 4.63. The minimum Gasteiger partial charge on any atom is -0.386 e. The number of hydrogen-bond acceptors (Lipinski definition) is 5. The van der Waals surface area contributed by atoms with Gasteiger partial charge in [0.15, 0.2) is 5.03 Å². The minimum atomic E-state index is -3.55. The molecule has 1 aliphatic rings. The second kappa shape index (κ2) is 6.31. The molecule has 1 aliphatic heterocycles. The average molecular weight is 284 g/mol. The van der Waals surface area contributed by atoms with E-state index in [1.54, 1.807) is 19.2 Å². The summed E-state index contributed by atoms with van der Waals surface area (Å²) in [6, 6.07) is 3.40. The van der Waals surface area contributed by atoms with Crippen molar-refractivity contribution in [2.45, 2.75) is 17.9 Å². The predicted octanol–water partition coefficient (Wildman–Crippen LogP) is 0.497. The van der Waals surface area contributed by atoms with Crippen LogP contribution in [0, 0.1) is 0 Å². The lowest BCUT2D eigenvalue weighted by atomic mass is 10.4. The summed E-state index contributed by atoms with van der Waals surface area (Å²) in [5.41, 5.74) is 0.510. The van der Waals surface area contributed by atoms with Crippen LogP contribution in [0.4, 0.5) is 5.69 Å². The van der Waals surface area contributed by atoms with Crippen LogP contribution in [0.15, 0.2) is 23.4 Å². The number of sulfonamides is 1. The zero-order valence-electron chi connectivity index (χ0n) is 11.1. The second-order valence-electron chi connectivity index (χ2n) is 4.55. The first kappa shape index (κ1) is 14.2. The van der Waals surface area contributed by atoms with E-state index in [9.17, 15) is 8.42 Å². The normalized spacial score (nSPS) is 16.7.